The predicted molar refractivity (Wildman–Crippen MR) is 155 cm³/mol. The molecule has 0 aliphatic carbocycles. The number of carbonyl (C=O) groups is 3. The first kappa shape index (κ1) is 30.0. The maximum Gasteiger partial charge on any atom is 0.410 e. The van der Waals surface area contributed by atoms with Crippen LogP contribution in [0.3, 0.4) is 0 Å². The van der Waals surface area contributed by atoms with Gasteiger partial charge in [0.05, 0.1) is 17.6 Å². The molecular formula is C27H37N7O6S. The first-order valence-electron chi connectivity index (χ1n) is 13.4. The number of benzene rings is 1. The molecule has 0 spiro atoms. The number of hydrogen-bond acceptors (Lipinski definition) is 10. The Balaban J connectivity index is 1.61. The van der Waals surface area contributed by atoms with Gasteiger partial charge in [-0.05, 0) is 65.7 Å². The topological polar surface area (TPSA) is 154 Å². The summed E-state index contributed by atoms with van der Waals surface area (Å²) in [6.45, 7) is 9.72. The Hall–Kier alpha value is -3.94. The van der Waals surface area contributed by atoms with Crippen LogP contribution in [0.2, 0.25) is 0 Å². The molecule has 3 heterocycles. The average molecular weight is 588 g/mol. The SMILES string of the molecule is CC(C)N1CC(=O)N(C)c2cnc(Nc3cc(NC(=O)C4CCCN4C(=O)OC(C)(C)C)cc(S(C)(=O)=O)c3)nc21. The summed E-state index contributed by atoms with van der Waals surface area (Å²) >= 11 is 0. The van der Waals surface area contributed by atoms with Crippen LogP contribution in [0.15, 0.2) is 29.3 Å². The van der Waals surface area contributed by atoms with Gasteiger partial charge in [-0.3, -0.25) is 14.5 Å². The van der Waals surface area contributed by atoms with Crippen LogP contribution in [0.25, 0.3) is 0 Å². The van der Waals surface area contributed by atoms with Gasteiger partial charge in [0, 0.05) is 37.3 Å². The van der Waals surface area contributed by atoms with Crippen molar-refractivity contribution in [3.63, 3.8) is 0 Å². The lowest BCUT2D eigenvalue weighted by Gasteiger charge is -2.36. The van der Waals surface area contributed by atoms with Crippen LogP contribution < -0.4 is 20.4 Å². The first-order chi connectivity index (χ1) is 19.0. The summed E-state index contributed by atoms with van der Waals surface area (Å²) in [6, 6.07) is 3.60. The van der Waals surface area contributed by atoms with E-state index in [4.69, 9.17) is 4.74 Å². The van der Waals surface area contributed by atoms with Crippen LogP contribution in [0.4, 0.5) is 33.6 Å². The molecule has 4 rings (SSSR count). The molecule has 3 amide bonds. The summed E-state index contributed by atoms with van der Waals surface area (Å²) in [7, 11) is -2.00. The molecule has 2 aliphatic rings. The van der Waals surface area contributed by atoms with Gasteiger partial charge in [-0.15, -0.1) is 0 Å². The number of amides is 3. The molecule has 0 bridgehead atoms. The normalized spacial score (nSPS) is 17.5. The minimum Gasteiger partial charge on any atom is -0.444 e. The molecule has 2 aromatic rings. The third kappa shape index (κ3) is 6.87. The van der Waals surface area contributed by atoms with Crippen molar-refractivity contribution in [2.75, 3.05) is 46.8 Å². The van der Waals surface area contributed by atoms with E-state index in [1.807, 2.05) is 18.7 Å². The Morgan fingerprint density at radius 1 is 1.15 bits per heavy atom. The van der Waals surface area contributed by atoms with Gasteiger partial charge in [-0.25, -0.2) is 18.2 Å². The number of sulfone groups is 1. The van der Waals surface area contributed by atoms with Gasteiger partial charge in [0.15, 0.2) is 15.7 Å². The Bertz CT molecular complexity index is 1470. The number of likely N-dealkylation sites (tertiary alicyclic amines) is 1. The molecule has 1 fully saturated rings. The summed E-state index contributed by atoms with van der Waals surface area (Å²) in [4.78, 5) is 52.0. The smallest absolute Gasteiger partial charge is 0.410 e. The summed E-state index contributed by atoms with van der Waals surface area (Å²) in [6.07, 6.45) is 3.12. The van der Waals surface area contributed by atoms with E-state index in [-0.39, 0.29) is 35.0 Å². The van der Waals surface area contributed by atoms with E-state index in [1.165, 1.54) is 28.1 Å². The highest BCUT2D eigenvalue weighted by Crippen LogP contribution is 2.33. The number of anilines is 5. The van der Waals surface area contributed by atoms with E-state index in [1.54, 1.807) is 33.9 Å². The highest BCUT2D eigenvalue weighted by molar-refractivity contribution is 7.90. The van der Waals surface area contributed by atoms with E-state index in [2.05, 4.69) is 20.6 Å². The molecule has 2 N–H and O–H groups in total. The zero-order valence-corrected chi connectivity index (χ0v) is 25.2. The van der Waals surface area contributed by atoms with Crippen LogP contribution in [0.1, 0.15) is 47.5 Å². The molecule has 1 unspecified atom stereocenters. The summed E-state index contributed by atoms with van der Waals surface area (Å²) in [5, 5.41) is 5.80. The van der Waals surface area contributed by atoms with Crippen LogP contribution in [-0.2, 0) is 24.2 Å². The molecule has 0 saturated carbocycles. The first-order valence-corrected chi connectivity index (χ1v) is 15.3. The molecule has 0 radical (unpaired) electrons. The van der Waals surface area contributed by atoms with Gasteiger partial charge >= 0.3 is 6.09 Å². The standard InChI is InChI=1S/C27H37N7O6S/c1-16(2)34-15-22(35)32(6)21-14-28-25(31-23(21)34)30-18-11-17(12-19(13-18)41(7,38)39)29-24(36)20-9-8-10-33(20)26(37)40-27(3,4)5/h11-14,16,20H,8-10,15H2,1-7H3,(H,29,36)(H,28,30,31). The Labute approximate surface area is 240 Å². The highest BCUT2D eigenvalue weighted by Gasteiger charge is 2.37. The van der Waals surface area contributed by atoms with E-state index < -0.39 is 33.5 Å². The molecule has 1 atom stereocenters. The van der Waals surface area contributed by atoms with Gasteiger partial charge in [0.2, 0.25) is 17.8 Å². The summed E-state index contributed by atoms with van der Waals surface area (Å²) < 4.78 is 30.4. The highest BCUT2D eigenvalue weighted by atomic mass is 32.2. The number of ether oxygens (including phenoxy) is 1. The van der Waals surface area contributed by atoms with Crippen molar-refractivity contribution < 1.29 is 27.5 Å². The Morgan fingerprint density at radius 3 is 2.46 bits per heavy atom. The third-order valence-electron chi connectivity index (χ3n) is 6.73. The second-order valence-electron chi connectivity index (χ2n) is 11.5. The summed E-state index contributed by atoms with van der Waals surface area (Å²) in [5.74, 6) is 0.224. The number of nitrogens with zero attached hydrogens (tertiary/aromatic N) is 5. The van der Waals surface area contributed by atoms with Crippen LogP contribution in [0, 0.1) is 0 Å². The van der Waals surface area contributed by atoms with E-state index in [9.17, 15) is 22.8 Å². The fourth-order valence-electron chi connectivity index (χ4n) is 4.65. The van der Waals surface area contributed by atoms with Crippen molar-refractivity contribution in [3.8, 4) is 0 Å². The molecule has 41 heavy (non-hydrogen) atoms. The number of aromatic nitrogens is 2. The van der Waals surface area contributed by atoms with Gasteiger partial charge < -0.3 is 25.2 Å². The lowest BCUT2D eigenvalue weighted by molar-refractivity contribution is -0.120. The zero-order valence-electron chi connectivity index (χ0n) is 24.4. The number of hydrogen-bond donors (Lipinski definition) is 2. The monoisotopic (exact) mass is 587 g/mol. The van der Waals surface area contributed by atoms with Gasteiger partial charge in [-0.2, -0.15) is 4.98 Å². The fourth-order valence-corrected chi connectivity index (χ4v) is 5.34. The Kier molecular flexibility index (Phi) is 8.16. The lowest BCUT2D eigenvalue weighted by atomic mass is 10.2. The van der Waals surface area contributed by atoms with Gasteiger partial charge in [0.1, 0.15) is 17.3 Å². The summed E-state index contributed by atoms with van der Waals surface area (Å²) in [5.41, 5.74) is 0.406. The Morgan fingerprint density at radius 2 is 1.83 bits per heavy atom. The zero-order chi connectivity index (χ0) is 30.3. The minimum atomic E-state index is -3.66. The van der Waals surface area contributed by atoms with Crippen LogP contribution in [0.5, 0.6) is 0 Å². The van der Waals surface area contributed by atoms with Crippen molar-refractivity contribution in [1.82, 2.24) is 14.9 Å². The van der Waals surface area contributed by atoms with Crippen LogP contribution in [-0.4, -0.2) is 85.3 Å². The lowest BCUT2D eigenvalue weighted by Crippen LogP contribution is -2.47. The quantitative estimate of drug-likeness (QED) is 0.515. The maximum atomic E-state index is 13.3. The fraction of sp³-hybridized carbons (Fsp3) is 0.519. The molecule has 2 aliphatic heterocycles. The van der Waals surface area contributed by atoms with E-state index >= 15 is 0 Å². The molecule has 222 valence electrons. The van der Waals surface area contributed by atoms with E-state index in [0.717, 1.165) is 6.26 Å². The number of fused-ring (bicyclic) bond motifs is 1. The van der Waals surface area contributed by atoms with Gasteiger partial charge in [-0.1, -0.05) is 0 Å². The van der Waals surface area contributed by atoms with Crippen molar-refractivity contribution >= 4 is 56.6 Å². The molecule has 13 nitrogen and oxygen atoms in total. The van der Waals surface area contributed by atoms with Crippen molar-refractivity contribution in [3.05, 3.63) is 24.4 Å². The van der Waals surface area contributed by atoms with E-state index in [0.29, 0.717) is 36.6 Å². The molecule has 1 aromatic heterocycles. The number of nitrogens with one attached hydrogen (secondary N) is 2. The second kappa shape index (κ2) is 11.1. The number of rotatable bonds is 6. The third-order valence-corrected chi connectivity index (χ3v) is 7.82. The molecule has 1 saturated heterocycles. The molecule has 1 aromatic carbocycles. The van der Waals surface area contributed by atoms with Crippen molar-refractivity contribution in [2.45, 2.75) is 70.0 Å². The maximum absolute atomic E-state index is 13.3. The predicted octanol–water partition coefficient (Wildman–Crippen LogP) is 3.15. The van der Waals surface area contributed by atoms with Gasteiger partial charge in [0.25, 0.3) is 0 Å². The largest absolute Gasteiger partial charge is 0.444 e. The van der Waals surface area contributed by atoms with Crippen molar-refractivity contribution in [1.29, 1.82) is 0 Å². The molecule has 14 heteroatoms. The minimum absolute atomic E-state index is 0.000333. The van der Waals surface area contributed by atoms with Crippen LogP contribution >= 0.6 is 0 Å². The average Bonchev–Trinajstić information content (AvgIpc) is 3.35. The number of likely N-dealkylation sites (N-methyl/N-ethyl adjacent to an activating group) is 1. The molecular weight excluding hydrogens is 550 g/mol. The second-order valence-corrected chi connectivity index (χ2v) is 13.6. The number of carbonyl (C=O) groups excluding carboxylic acids is 3. The van der Waals surface area contributed by atoms with Crippen molar-refractivity contribution in [2.24, 2.45) is 0 Å².